The van der Waals surface area contributed by atoms with E-state index in [9.17, 15) is 13.2 Å². The highest BCUT2D eigenvalue weighted by Gasteiger charge is 2.56. The molecule has 0 bridgehead atoms. The third-order valence-corrected chi connectivity index (χ3v) is 7.87. The third kappa shape index (κ3) is 3.12. The number of alkyl halides is 3. The van der Waals surface area contributed by atoms with Crippen LogP contribution in [0.1, 0.15) is 72.1 Å². The predicted octanol–water partition coefficient (Wildman–Crippen LogP) is 6.97. The lowest BCUT2D eigenvalue weighted by Gasteiger charge is -2.56. The molecule has 0 heterocycles. The van der Waals surface area contributed by atoms with Crippen molar-refractivity contribution in [2.45, 2.75) is 78.3 Å². The van der Waals surface area contributed by atoms with E-state index in [0.717, 1.165) is 44.9 Å². The average Bonchev–Trinajstić information content (AvgIpc) is 2.87. The van der Waals surface area contributed by atoms with E-state index in [1.54, 1.807) is 6.08 Å². The molecule has 0 amide bonds. The van der Waals surface area contributed by atoms with Gasteiger partial charge in [0.25, 0.3) is 0 Å². The molecule has 5 atom stereocenters. The van der Waals surface area contributed by atoms with Gasteiger partial charge in [-0.1, -0.05) is 44.4 Å². The molecule has 26 heavy (non-hydrogen) atoms. The van der Waals surface area contributed by atoms with Crippen LogP contribution in [0.3, 0.4) is 0 Å². The highest BCUT2D eigenvalue weighted by Crippen LogP contribution is 2.65. The summed E-state index contributed by atoms with van der Waals surface area (Å²) in [5.41, 5.74) is 1.63. The fourth-order valence-corrected chi connectivity index (χ4v) is 6.68. The minimum absolute atomic E-state index is 0.0688. The Kier molecular flexibility index (Phi) is 5.05. The number of fused-ring (bicyclic) bond motifs is 3. The zero-order chi connectivity index (χ0) is 19.2. The smallest absolute Gasteiger partial charge is 0.193 e. The van der Waals surface area contributed by atoms with Crippen LogP contribution in [-0.4, -0.2) is 6.18 Å². The normalized spacial score (nSPS) is 41.3. The Hall–Kier alpha value is -1.24. The number of hydrogen-bond acceptors (Lipinski definition) is 1. The maximum Gasteiger partial charge on any atom is 0.392 e. The molecule has 2 fully saturated rings. The van der Waals surface area contributed by atoms with Crippen molar-refractivity contribution >= 4 is 0 Å². The van der Waals surface area contributed by atoms with Gasteiger partial charge >= 0.3 is 6.18 Å². The number of allylic oxidation sites excluding steroid dienone is 4. The summed E-state index contributed by atoms with van der Waals surface area (Å²) < 4.78 is 39.5. The zero-order valence-electron chi connectivity index (χ0n) is 16.1. The van der Waals surface area contributed by atoms with Crippen molar-refractivity contribution in [2.75, 3.05) is 0 Å². The number of hydrogen-bond donors (Lipinski definition) is 0. The van der Waals surface area contributed by atoms with Crippen LogP contribution >= 0.6 is 0 Å². The first-order valence-electron chi connectivity index (χ1n) is 10.0. The van der Waals surface area contributed by atoms with Gasteiger partial charge in [0.2, 0.25) is 0 Å². The zero-order valence-corrected chi connectivity index (χ0v) is 16.1. The van der Waals surface area contributed by atoms with Crippen LogP contribution in [0.15, 0.2) is 23.3 Å². The Bertz CT molecular complexity index is 653. The van der Waals surface area contributed by atoms with Gasteiger partial charge in [-0.3, -0.25) is 0 Å². The largest absolute Gasteiger partial charge is 0.392 e. The summed E-state index contributed by atoms with van der Waals surface area (Å²) in [6.07, 6.45) is 5.34. The molecule has 0 radical (unpaired) electrons. The highest BCUT2D eigenvalue weighted by atomic mass is 19.4. The molecule has 4 heteroatoms. The average molecular weight is 365 g/mol. The molecular formula is C22H30F3N. The lowest BCUT2D eigenvalue weighted by atomic mass is 9.49. The van der Waals surface area contributed by atoms with Crippen molar-refractivity contribution in [1.29, 1.82) is 5.26 Å². The summed E-state index contributed by atoms with van der Waals surface area (Å²) in [6.45, 7) is 6.46. The van der Waals surface area contributed by atoms with E-state index in [0.29, 0.717) is 23.3 Å². The summed E-state index contributed by atoms with van der Waals surface area (Å²) in [5, 5.41) is 9.12. The fraction of sp³-hybridized carbons (Fsp3) is 0.773. The maximum absolute atomic E-state index is 13.2. The molecule has 5 unspecified atom stereocenters. The van der Waals surface area contributed by atoms with E-state index < -0.39 is 12.6 Å². The standard InChI is InChI=1S/C22H30F3N/c1-4-11-20(2)16(14-22(23,24)25)5-7-17-18-8-6-15(10-13-26)21(18,3)12-9-19(17)20/h5,10,17-19H,4,6-9,11-12,14H2,1-3H3/b15-10-. The van der Waals surface area contributed by atoms with Gasteiger partial charge < -0.3 is 0 Å². The van der Waals surface area contributed by atoms with Gasteiger partial charge in [0, 0.05) is 6.08 Å². The molecular weight excluding hydrogens is 335 g/mol. The monoisotopic (exact) mass is 365 g/mol. The molecule has 3 aliphatic carbocycles. The third-order valence-electron chi connectivity index (χ3n) is 7.87. The molecule has 0 N–H and O–H groups in total. The van der Waals surface area contributed by atoms with Crippen LogP contribution in [0.25, 0.3) is 0 Å². The van der Waals surface area contributed by atoms with Crippen LogP contribution in [-0.2, 0) is 0 Å². The molecule has 3 aliphatic rings. The summed E-state index contributed by atoms with van der Waals surface area (Å²) in [7, 11) is 0. The van der Waals surface area contributed by atoms with Gasteiger partial charge in [0.1, 0.15) is 0 Å². The van der Waals surface area contributed by atoms with Gasteiger partial charge in [0.15, 0.2) is 0 Å². The second-order valence-electron chi connectivity index (χ2n) is 9.09. The van der Waals surface area contributed by atoms with E-state index in [1.165, 1.54) is 5.57 Å². The second kappa shape index (κ2) is 6.73. The number of nitriles is 1. The minimum Gasteiger partial charge on any atom is -0.193 e. The molecule has 2 saturated carbocycles. The van der Waals surface area contributed by atoms with Gasteiger partial charge in [-0.25, -0.2) is 0 Å². The van der Waals surface area contributed by atoms with Crippen LogP contribution in [0.4, 0.5) is 13.2 Å². The SMILES string of the molecule is CCCC1(C)C(CC(F)(F)F)=CCC2C1CCC1(C)/C(=C\C#N)CCC21. The molecule has 0 saturated heterocycles. The lowest BCUT2D eigenvalue weighted by molar-refractivity contribution is -0.133. The van der Waals surface area contributed by atoms with Crippen molar-refractivity contribution in [3.8, 4) is 6.07 Å². The van der Waals surface area contributed by atoms with E-state index in [-0.39, 0.29) is 10.8 Å². The summed E-state index contributed by atoms with van der Waals surface area (Å²) >= 11 is 0. The molecule has 0 aromatic rings. The second-order valence-corrected chi connectivity index (χ2v) is 9.09. The minimum atomic E-state index is -4.13. The first-order valence-corrected chi connectivity index (χ1v) is 10.0. The summed E-state index contributed by atoms with van der Waals surface area (Å²) in [6, 6.07) is 2.21. The predicted molar refractivity (Wildman–Crippen MR) is 97.1 cm³/mol. The van der Waals surface area contributed by atoms with Crippen molar-refractivity contribution in [1.82, 2.24) is 0 Å². The lowest BCUT2D eigenvalue weighted by Crippen LogP contribution is -2.48. The molecule has 0 aromatic carbocycles. The Morgan fingerprint density at radius 3 is 2.62 bits per heavy atom. The number of halogens is 3. The van der Waals surface area contributed by atoms with Crippen molar-refractivity contribution in [2.24, 2.45) is 28.6 Å². The number of rotatable bonds is 3. The van der Waals surface area contributed by atoms with Gasteiger partial charge in [-0.2, -0.15) is 18.4 Å². The molecule has 0 spiro atoms. The van der Waals surface area contributed by atoms with E-state index in [4.69, 9.17) is 5.26 Å². The first kappa shape index (κ1) is 19.5. The summed E-state index contributed by atoms with van der Waals surface area (Å²) in [5.74, 6) is 1.29. The quantitative estimate of drug-likeness (QED) is 0.391. The van der Waals surface area contributed by atoms with Crippen molar-refractivity contribution in [3.63, 3.8) is 0 Å². The summed E-state index contributed by atoms with van der Waals surface area (Å²) in [4.78, 5) is 0. The Labute approximate surface area is 155 Å². The Morgan fingerprint density at radius 2 is 2.00 bits per heavy atom. The van der Waals surface area contributed by atoms with Crippen LogP contribution in [0, 0.1) is 39.9 Å². The van der Waals surface area contributed by atoms with Crippen LogP contribution in [0.5, 0.6) is 0 Å². The Morgan fingerprint density at radius 1 is 1.27 bits per heavy atom. The van der Waals surface area contributed by atoms with E-state index >= 15 is 0 Å². The first-order chi connectivity index (χ1) is 12.2. The number of nitrogens with zero attached hydrogens (tertiary/aromatic N) is 1. The molecule has 0 aliphatic heterocycles. The maximum atomic E-state index is 13.2. The Balaban J connectivity index is 1.95. The van der Waals surface area contributed by atoms with E-state index in [1.807, 2.05) is 6.08 Å². The fourth-order valence-electron chi connectivity index (χ4n) is 6.68. The highest BCUT2D eigenvalue weighted by molar-refractivity contribution is 5.30. The molecule has 144 valence electrons. The van der Waals surface area contributed by atoms with Crippen molar-refractivity contribution in [3.05, 3.63) is 23.3 Å². The van der Waals surface area contributed by atoms with Crippen LogP contribution < -0.4 is 0 Å². The topological polar surface area (TPSA) is 23.8 Å². The molecule has 3 rings (SSSR count). The van der Waals surface area contributed by atoms with Crippen LogP contribution in [0.2, 0.25) is 0 Å². The van der Waals surface area contributed by atoms with Gasteiger partial charge in [-0.05, 0) is 67.1 Å². The van der Waals surface area contributed by atoms with Gasteiger partial charge in [-0.15, -0.1) is 0 Å². The molecule has 1 nitrogen and oxygen atoms in total. The van der Waals surface area contributed by atoms with Crippen molar-refractivity contribution < 1.29 is 13.2 Å². The van der Waals surface area contributed by atoms with E-state index in [2.05, 4.69) is 26.8 Å². The van der Waals surface area contributed by atoms with Gasteiger partial charge in [0.05, 0.1) is 12.5 Å². The molecule has 0 aromatic heterocycles.